The first kappa shape index (κ1) is 72.5. The molecule has 36 nitrogen and oxygen atoms in total. The van der Waals surface area contributed by atoms with Crippen LogP contribution in [0.3, 0.4) is 0 Å². The van der Waals surface area contributed by atoms with Crippen LogP contribution in [0.25, 0.3) is 0 Å². The minimum atomic E-state index is -4.62. The van der Waals surface area contributed by atoms with E-state index in [1.54, 1.807) is 0 Å². The van der Waals surface area contributed by atoms with E-state index < -0.39 is 147 Å². The molecule has 0 aromatic rings. The van der Waals surface area contributed by atoms with Gasteiger partial charge in [-0.25, -0.2) is 0 Å². The summed E-state index contributed by atoms with van der Waals surface area (Å²) in [5, 5.41) is -8.26. The smallest absolute Gasteiger partial charge is 0.281 e. The van der Waals surface area contributed by atoms with Crippen molar-refractivity contribution in [3.05, 3.63) is 0 Å². The minimum absolute atomic E-state index is 0. The highest BCUT2D eigenvalue weighted by Crippen LogP contribution is 1.91. The molecule has 48 heteroatoms. The maximum Gasteiger partial charge on any atom is 0.281 e. The van der Waals surface area contributed by atoms with Gasteiger partial charge in [0.25, 0.3) is 121 Å². The monoisotopic (exact) mass is 1090 g/mol. The van der Waals surface area contributed by atoms with Crippen molar-refractivity contribution < 1.29 is 156 Å². The third kappa shape index (κ3) is 171. The van der Waals surface area contributed by atoms with E-state index in [1.165, 1.54) is 0 Å². The van der Waals surface area contributed by atoms with E-state index in [1.807, 2.05) is 0 Å². The second-order valence-electron chi connectivity index (χ2n) is 7.87. The second-order valence-corrected chi connectivity index (χ2v) is 27.2. The molecule has 0 rings (SSSR count). The first-order valence-electron chi connectivity index (χ1n) is 9.89. The number of hydrogen-bond donors (Lipinski definition) is 12. The quantitative estimate of drug-likeness (QED) is 0.0905. The van der Waals surface area contributed by atoms with Crippen LogP contribution in [-0.4, -0.2) is 194 Å². The van der Waals surface area contributed by atoms with Crippen molar-refractivity contribution in [2.45, 2.75) is 7.43 Å². The molecule has 0 aromatic heterocycles. The fourth-order valence-electron chi connectivity index (χ4n) is 0.941. The average molecular weight is 1090 g/mol. The summed E-state index contributed by atoms with van der Waals surface area (Å²) >= 11 is 0. The molecular formula is C8H32O36S12. The lowest BCUT2D eigenvalue weighted by Gasteiger charge is -1.89. The van der Waals surface area contributed by atoms with Crippen molar-refractivity contribution >= 4 is 121 Å². The Morgan fingerprint density at radius 3 is 0.250 bits per heavy atom. The standard InChI is InChI=1S/5CH4O6S2.2CH4O3S.CH4/c5*2-8(3,4)1-9(5,6)7;2*1-5(2,3)4;/h5*1H2,(H,2,3,4)(H,5,6,7);2*1H3,(H,2,3,4);1H4. The summed E-state index contributed by atoms with van der Waals surface area (Å²) in [4.78, 5) is 0. The molecule has 0 saturated carbocycles. The highest BCUT2D eigenvalue weighted by atomic mass is 32.3. The van der Waals surface area contributed by atoms with Gasteiger partial charge in [-0.05, 0) is 0 Å². The maximum absolute atomic E-state index is 9.66. The highest BCUT2D eigenvalue weighted by molar-refractivity contribution is 8.04. The Morgan fingerprint density at radius 1 is 0.214 bits per heavy atom. The molecule has 0 aromatic carbocycles. The van der Waals surface area contributed by atoms with Crippen molar-refractivity contribution in [3.8, 4) is 0 Å². The fraction of sp³-hybridized carbons (Fsp3) is 1.00. The largest absolute Gasteiger partial charge is 0.286 e. The van der Waals surface area contributed by atoms with Crippen LogP contribution < -0.4 is 0 Å². The first-order chi connectivity index (χ1) is 22.5. The van der Waals surface area contributed by atoms with E-state index in [0.717, 1.165) is 0 Å². The van der Waals surface area contributed by atoms with Crippen LogP contribution in [0.15, 0.2) is 0 Å². The van der Waals surface area contributed by atoms with E-state index in [9.17, 15) is 101 Å². The molecule has 0 spiro atoms. The van der Waals surface area contributed by atoms with Gasteiger partial charge in [-0.1, -0.05) is 7.43 Å². The fourth-order valence-corrected chi connectivity index (χ4v) is 8.47. The summed E-state index contributed by atoms with van der Waals surface area (Å²) in [6.07, 6.45) is 1.43. The van der Waals surface area contributed by atoms with E-state index in [4.69, 9.17) is 54.6 Å². The number of rotatable bonds is 10. The van der Waals surface area contributed by atoms with Gasteiger partial charge >= 0.3 is 0 Å². The molecule has 0 atom stereocenters. The molecule has 0 heterocycles. The van der Waals surface area contributed by atoms with Gasteiger partial charge in [0.2, 0.25) is 25.4 Å². The van der Waals surface area contributed by atoms with Crippen molar-refractivity contribution in [1.29, 1.82) is 0 Å². The zero-order valence-electron chi connectivity index (χ0n) is 25.6. The van der Waals surface area contributed by atoms with Gasteiger partial charge in [-0.15, -0.1) is 0 Å². The molecule has 0 aliphatic heterocycles. The first-order valence-corrected chi connectivity index (χ1v) is 29.7. The van der Waals surface area contributed by atoms with E-state index >= 15 is 0 Å². The summed E-state index contributed by atoms with van der Waals surface area (Å²) in [6, 6.07) is 0. The molecule has 12 N–H and O–H groups in total. The third-order valence-electron chi connectivity index (χ3n) is 1.49. The van der Waals surface area contributed by atoms with Crippen LogP contribution in [-0.2, 0) is 121 Å². The van der Waals surface area contributed by atoms with Crippen LogP contribution in [0, 0.1) is 0 Å². The van der Waals surface area contributed by atoms with E-state index in [-0.39, 0.29) is 7.43 Å². The molecule has 56 heavy (non-hydrogen) atoms. The Labute approximate surface area is 320 Å². The Kier molecular flexibility index (Phi) is 33.9. The summed E-state index contributed by atoms with van der Waals surface area (Å²) in [5.41, 5.74) is 0. The van der Waals surface area contributed by atoms with Gasteiger partial charge in [0.15, 0.2) is 0 Å². The van der Waals surface area contributed by atoms with Gasteiger partial charge in [-0.3, -0.25) is 54.6 Å². The predicted molar refractivity (Wildman–Crippen MR) is 181 cm³/mol. The van der Waals surface area contributed by atoms with E-state index in [2.05, 4.69) is 0 Å². The molecule has 0 amide bonds. The Morgan fingerprint density at radius 2 is 0.250 bits per heavy atom. The molecule has 0 saturated heterocycles. The second kappa shape index (κ2) is 26.2. The normalized spacial score (nSPS) is 13.0. The van der Waals surface area contributed by atoms with Crippen LogP contribution in [0.1, 0.15) is 7.43 Å². The molecule has 0 fully saturated rings. The third-order valence-corrected chi connectivity index (χ3v) is 13.4. The van der Waals surface area contributed by atoms with Crippen LogP contribution in [0.4, 0.5) is 0 Å². The summed E-state index contributed by atoms with van der Waals surface area (Å²) < 4.78 is 323. The average Bonchev–Trinajstić information content (AvgIpc) is 2.50. The van der Waals surface area contributed by atoms with E-state index in [0.29, 0.717) is 12.5 Å². The lowest BCUT2D eigenvalue weighted by atomic mass is 11.9. The zero-order valence-corrected chi connectivity index (χ0v) is 35.4. The SMILES string of the molecule is C.CS(=O)(=O)O.CS(=O)(=O)O.O=S(=O)(O)CS(=O)(=O)O.O=S(=O)(O)CS(=O)(=O)O.O=S(=O)(O)CS(=O)(=O)O.O=S(=O)(O)CS(=O)(=O)O.O=S(=O)(O)CS(=O)(=O)O. The van der Waals surface area contributed by atoms with Gasteiger partial charge in [0, 0.05) is 0 Å². The summed E-state index contributed by atoms with van der Waals surface area (Å²) in [7, 11) is -53.5. The summed E-state index contributed by atoms with van der Waals surface area (Å²) in [6.45, 7) is 0. The van der Waals surface area contributed by atoms with Gasteiger partial charge in [0.1, 0.15) is 0 Å². The molecule has 0 aliphatic rings. The number of hydrogen-bond acceptors (Lipinski definition) is 24. The minimum Gasteiger partial charge on any atom is -0.286 e. The lowest BCUT2D eigenvalue weighted by molar-refractivity contribution is 0.467. The van der Waals surface area contributed by atoms with Crippen molar-refractivity contribution in [2.75, 3.05) is 37.9 Å². The van der Waals surface area contributed by atoms with Gasteiger partial charge in [0.05, 0.1) is 12.5 Å². The van der Waals surface area contributed by atoms with Crippen LogP contribution in [0.2, 0.25) is 0 Å². The molecular weight excluding hydrogens is 1060 g/mol. The Balaban J connectivity index is -0.0000000806. The van der Waals surface area contributed by atoms with Crippen LogP contribution in [0.5, 0.6) is 0 Å². The molecule has 0 radical (unpaired) electrons. The van der Waals surface area contributed by atoms with Gasteiger partial charge in [-0.2, -0.15) is 101 Å². The van der Waals surface area contributed by atoms with Gasteiger partial charge < -0.3 is 0 Å². The molecule has 352 valence electrons. The Bertz CT molecular complexity index is 1990. The molecule has 0 aliphatic carbocycles. The molecule has 0 unspecified atom stereocenters. The van der Waals surface area contributed by atoms with Crippen molar-refractivity contribution in [2.24, 2.45) is 0 Å². The Hall–Kier alpha value is -1.08. The predicted octanol–water partition coefficient (Wildman–Crippen LogP) is -6.76. The van der Waals surface area contributed by atoms with Crippen molar-refractivity contribution in [3.63, 3.8) is 0 Å². The highest BCUT2D eigenvalue weighted by Gasteiger charge is 2.18. The molecule has 0 bridgehead atoms. The van der Waals surface area contributed by atoms with Crippen LogP contribution >= 0.6 is 0 Å². The van der Waals surface area contributed by atoms with Crippen molar-refractivity contribution in [1.82, 2.24) is 0 Å². The summed E-state index contributed by atoms with van der Waals surface area (Å²) in [5.74, 6) is 0. The maximum atomic E-state index is 9.66. The lowest BCUT2D eigenvalue weighted by Crippen LogP contribution is -2.13. The topological polar surface area (TPSA) is 652 Å². The zero-order chi connectivity index (χ0) is 47.5.